The number of aromatic nitrogens is 5. The maximum atomic E-state index is 6.15. The predicted octanol–water partition coefficient (Wildman–Crippen LogP) is 2.01. The van der Waals surface area contributed by atoms with Gasteiger partial charge in [0.2, 0.25) is 5.95 Å². The second-order valence-electron chi connectivity index (χ2n) is 7.88. The molecule has 160 valence electrons. The van der Waals surface area contributed by atoms with E-state index in [1.807, 2.05) is 12.4 Å². The molecular formula is C21H31N9. The molecule has 4 N–H and O–H groups in total. The van der Waals surface area contributed by atoms with Crippen molar-refractivity contribution >= 4 is 23.2 Å². The van der Waals surface area contributed by atoms with Crippen molar-refractivity contribution in [1.82, 2.24) is 29.9 Å². The van der Waals surface area contributed by atoms with Crippen LogP contribution in [0, 0.1) is 6.92 Å². The molecule has 0 amide bonds. The highest BCUT2D eigenvalue weighted by Crippen LogP contribution is 2.21. The van der Waals surface area contributed by atoms with Crippen molar-refractivity contribution in [2.24, 2.45) is 0 Å². The molecule has 0 atom stereocenters. The van der Waals surface area contributed by atoms with Crippen molar-refractivity contribution in [3.8, 4) is 0 Å². The molecule has 1 aliphatic rings. The standard InChI is InChI=1S/C21H31N9/c1-4-16(5-2)26-21-27-18(22)20-25-17(13-30(20)28-21)11-15-10-14(3)19(24-12-15)29-8-6-23-7-9-29/h10,12-13,16,23H,4-9,11H2,1-3H3,(H3,22,26,27,28). The van der Waals surface area contributed by atoms with Crippen molar-refractivity contribution in [3.05, 3.63) is 35.3 Å². The summed E-state index contributed by atoms with van der Waals surface area (Å²) in [4.78, 5) is 16.1. The van der Waals surface area contributed by atoms with Crippen LogP contribution in [-0.2, 0) is 6.42 Å². The first-order valence-corrected chi connectivity index (χ1v) is 10.8. The molecule has 0 saturated carbocycles. The van der Waals surface area contributed by atoms with E-state index in [9.17, 15) is 0 Å². The van der Waals surface area contributed by atoms with Crippen molar-refractivity contribution in [1.29, 1.82) is 0 Å². The fraction of sp³-hybridized carbons (Fsp3) is 0.524. The van der Waals surface area contributed by atoms with E-state index in [0.717, 1.165) is 56.1 Å². The van der Waals surface area contributed by atoms with Crippen LogP contribution in [-0.4, -0.2) is 56.8 Å². The van der Waals surface area contributed by atoms with E-state index in [1.54, 1.807) is 4.52 Å². The minimum Gasteiger partial charge on any atom is -0.380 e. The van der Waals surface area contributed by atoms with Gasteiger partial charge in [0, 0.05) is 44.8 Å². The number of hydrogen-bond donors (Lipinski definition) is 3. The van der Waals surface area contributed by atoms with Gasteiger partial charge in [0.1, 0.15) is 5.82 Å². The van der Waals surface area contributed by atoms with Gasteiger partial charge >= 0.3 is 0 Å². The molecule has 0 aromatic carbocycles. The second-order valence-corrected chi connectivity index (χ2v) is 7.88. The molecule has 0 spiro atoms. The molecular weight excluding hydrogens is 378 g/mol. The molecule has 0 aliphatic carbocycles. The summed E-state index contributed by atoms with van der Waals surface area (Å²) in [6.07, 6.45) is 6.55. The lowest BCUT2D eigenvalue weighted by Gasteiger charge is -2.29. The summed E-state index contributed by atoms with van der Waals surface area (Å²) in [6.45, 7) is 10.4. The molecule has 1 fully saturated rings. The molecule has 3 aromatic heterocycles. The second kappa shape index (κ2) is 8.83. The van der Waals surface area contributed by atoms with Crippen LogP contribution >= 0.6 is 0 Å². The normalized spacial score (nSPS) is 14.6. The third-order valence-corrected chi connectivity index (χ3v) is 5.62. The fourth-order valence-corrected chi connectivity index (χ4v) is 3.92. The molecule has 0 bridgehead atoms. The van der Waals surface area contributed by atoms with E-state index in [1.165, 1.54) is 5.56 Å². The first-order chi connectivity index (χ1) is 14.6. The predicted molar refractivity (Wildman–Crippen MR) is 120 cm³/mol. The minimum atomic E-state index is 0.327. The summed E-state index contributed by atoms with van der Waals surface area (Å²) in [5, 5.41) is 11.3. The van der Waals surface area contributed by atoms with Gasteiger partial charge in [-0.15, -0.1) is 5.10 Å². The quantitative estimate of drug-likeness (QED) is 0.544. The highest BCUT2D eigenvalue weighted by atomic mass is 15.3. The SMILES string of the molecule is CCC(CC)Nc1nc(N)c2nc(Cc3cnc(N4CCNCC4)c(C)c3)cn2n1. The van der Waals surface area contributed by atoms with Gasteiger partial charge in [0.05, 0.1) is 11.9 Å². The number of rotatable bonds is 7. The monoisotopic (exact) mass is 409 g/mol. The highest BCUT2D eigenvalue weighted by molar-refractivity contribution is 5.61. The van der Waals surface area contributed by atoms with Crippen molar-refractivity contribution in [2.75, 3.05) is 42.1 Å². The van der Waals surface area contributed by atoms with Gasteiger partial charge in [-0.05, 0) is 30.9 Å². The van der Waals surface area contributed by atoms with E-state index in [4.69, 9.17) is 10.7 Å². The average molecular weight is 410 g/mol. The summed E-state index contributed by atoms with van der Waals surface area (Å²) in [5.41, 5.74) is 9.94. The number of nitrogen functional groups attached to an aromatic ring is 1. The van der Waals surface area contributed by atoms with Crippen LogP contribution in [0.15, 0.2) is 18.5 Å². The van der Waals surface area contributed by atoms with E-state index in [0.29, 0.717) is 29.9 Å². The number of hydrogen-bond acceptors (Lipinski definition) is 8. The Balaban J connectivity index is 1.53. The zero-order valence-corrected chi connectivity index (χ0v) is 18.0. The van der Waals surface area contributed by atoms with Crippen LogP contribution in [0.2, 0.25) is 0 Å². The zero-order valence-electron chi connectivity index (χ0n) is 18.0. The Hall–Kier alpha value is -2.94. The average Bonchev–Trinajstić information content (AvgIpc) is 3.15. The van der Waals surface area contributed by atoms with Crippen LogP contribution in [0.1, 0.15) is 43.5 Å². The van der Waals surface area contributed by atoms with Gasteiger partial charge in [0.15, 0.2) is 11.5 Å². The third-order valence-electron chi connectivity index (χ3n) is 5.62. The smallest absolute Gasteiger partial charge is 0.243 e. The highest BCUT2D eigenvalue weighted by Gasteiger charge is 2.16. The van der Waals surface area contributed by atoms with Crippen molar-refractivity contribution in [2.45, 2.75) is 46.1 Å². The van der Waals surface area contributed by atoms with Crippen LogP contribution in [0.5, 0.6) is 0 Å². The summed E-state index contributed by atoms with van der Waals surface area (Å²) >= 11 is 0. The van der Waals surface area contributed by atoms with Crippen LogP contribution < -0.4 is 21.3 Å². The Morgan fingerprint density at radius 1 is 1.20 bits per heavy atom. The third kappa shape index (κ3) is 4.30. The largest absolute Gasteiger partial charge is 0.380 e. The number of nitrogens with two attached hydrogens (primary N) is 1. The van der Waals surface area contributed by atoms with E-state index in [2.05, 4.69) is 57.4 Å². The van der Waals surface area contributed by atoms with E-state index in [-0.39, 0.29) is 0 Å². The van der Waals surface area contributed by atoms with Gasteiger partial charge in [-0.3, -0.25) is 0 Å². The first-order valence-electron chi connectivity index (χ1n) is 10.8. The maximum absolute atomic E-state index is 6.15. The Morgan fingerprint density at radius 2 is 1.97 bits per heavy atom. The molecule has 1 aliphatic heterocycles. The number of nitrogens with one attached hydrogen (secondary N) is 2. The topological polar surface area (TPSA) is 109 Å². The van der Waals surface area contributed by atoms with Gasteiger partial charge in [0.25, 0.3) is 0 Å². The number of fused-ring (bicyclic) bond motifs is 1. The fourth-order valence-electron chi connectivity index (χ4n) is 3.92. The Bertz CT molecular complexity index is 1000. The Morgan fingerprint density at radius 3 is 2.67 bits per heavy atom. The number of anilines is 3. The van der Waals surface area contributed by atoms with Gasteiger partial charge in [-0.25, -0.2) is 14.5 Å². The molecule has 1 saturated heterocycles. The number of aryl methyl sites for hydroxylation is 1. The molecule has 9 nitrogen and oxygen atoms in total. The Kier molecular flexibility index (Phi) is 5.98. The summed E-state index contributed by atoms with van der Waals surface area (Å²) in [7, 11) is 0. The summed E-state index contributed by atoms with van der Waals surface area (Å²) in [6, 6.07) is 2.52. The molecule has 0 radical (unpaired) electrons. The maximum Gasteiger partial charge on any atom is 0.243 e. The van der Waals surface area contributed by atoms with Crippen molar-refractivity contribution in [3.63, 3.8) is 0 Å². The van der Waals surface area contributed by atoms with Crippen LogP contribution in [0.25, 0.3) is 5.65 Å². The van der Waals surface area contributed by atoms with E-state index >= 15 is 0 Å². The lowest BCUT2D eigenvalue weighted by molar-refractivity contribution is 0.584. The summed E-state index contributed by atoms with van der Waals surface area (Å²) in [5.74, 6) is 1.99. The number of nitrogens with zero attached hydrogens (tertiary/aromatic N) is 6. The molecule has 30 heavy (non-hydrogen) atoms. The van der Waals surface area contributed by atoms with Crippen molar-refractivity contribution < 1.29 is 0 Å². The Labute approximate surface area is 177 Å². The lowest BCUT2D eigenvalue weighted by atomic mass is 10.1. The molecule has 0 unspecified atom stereocenters. The van der Waals surface area contributed by atoms with E-state index < -0.39 is 0 Å². The summed E-state index contributed by atoms with van der Waals surface area (Å²) < 4.78 is 1.72. The lowest BCUT2D eigenvalue weighted by Crippen LogP contribution is -2.44. The number of imidazole rings is 1. The van der Waals surface area contributed by atoms with Gasteiger partial charge in [-0.2, -0.15) is 4.98 Å². The molecule has 4 rings (SSSR count). The van der Waals surface area contributed by atoms with Crippen LogP contribution in [0.4, 0.5) is 17.6 Å². The molecule has 3 aromatic rings. The van der Waals surface area contributed by atoms with Gasteiger partial charge < -0.3 is 21.3 Å². The van der Waals surface area contributed by atoms with Gasteiger partial charge in [-0.1, -0.05) is 19.9 Å². The number of piperazine rings is 1. The minimum absolute atomic E-state index is 0.327. The number of pyridine rings is 1. The first kappa shape index (κ1) is 20.3. The van der Waals surface area contributed by atoms with Crippen LogP contribution in [0.3, 0.4) is 0 Å². The molecule has 4 heterocycles. The zero-order chi connectivity index (χ0) is 21.1. The molecule has 9 heteroatoms.